The molecule has 1 saturated heterocycles. The van der Waals surface area contributed by atoms with Crippen LogP contribution in [0.5, 0.6) is 0 Å². The summed E-state index contributed by atoms with van der Waals surface area (Å²) in [4.78, 5) is 13.3. The Bertz CT molecular complexity index is 1070. The smallest absolute Gasteiger partial charge is 0.139 e. The van der Waals surface area contributed by atoms with Crippen LogP contribution < -0.4 is 15.1 Å². The van der Waals surface area contributed by atoms with Crippen LogP contribution >= 0.6 is 0 Å². The SMILES string of the molecule is CC1CCC(NCc2ccccc2N2CCOCC2)CC1.Cc1nc(N(C)C)c2ccccc2n1. The minimum atomic E-state index is 0.707. The fraction of sp³-hybridized carbons (Fsp3) is 0.517. The van der Waals surface area contributed by atoms with Gasteiger partial charge in [0.1, 0.15) is 11.6 Å². The molecule has 1 N–H and O–H groups in total. The molecule has 0 spiro atoms. The number of aromatic nitrogens is 2. The molecule has 1 saturated carbocycles. The summed E-state index contributed by atoms with van der Waals surface area (Å²) in [6.45, 7) is 9.01. The van der Waals surface area contributed by atoms with Crippen LogP contribution in [-0.4, -0.2) is 56.4 Å². The van der Waals surface area contributed by atoms with E-state index in [2.05, 4.69) is 51.4 Å². The van der Waals surface area contributed by atoms with Crippen LogP contribution in [0.25, 0.3) is 10.9 Å². The summed E-state index contributed by atoms with van der Waals surface area (Å²) in [6.07, 6.45) is 5.42. The van der Waals surface area contributed by atoms with E-state index in [1.54, 1.807) is 0 Å². The van der Waals surface area contributed by atoms with Gasteiger partial charge in [-0.3, -0.25) is 0 Å². The molecule has 2 aromatic carbocycles. The molecule has 1 aliphatic carbocycles. The first-order valence-electron chi connectivity index (χ1n) is 13.1. The molecule has 0 amide bonds. The molecule has 5 rings (SSSR count). The number of benzene rings is 2. The Kier molecular flexibility index (Phi) is 8.94. The first-order chi connectivity index (χ1) is 17.0. The Morgan fingerprint density at radius 2 is 1.63 bits per heavy atom. The Morgan fingerprint density at radius 3 is 2.37 bits per heavy atom. The number of hydrogen-bond donors (Lipinski definition) is 1. The number of aryl methyl sites for hydroxylation is 1. The van der Waals surface area contributed by atoms with Gasteiger partial charge in [0.15, 0.2) is 0 Å². The van der Waals surface area contributed by atoms with Gasteiger partial charge in [-0.05, 0) is 62.3 Å². The summed E-state index contributed by atoms with van der Waals surface area (Å²) in [5.41, 5.74) is 3.82. The minimum absolute atomic E-state index is 0.707. The third-order valence-electron chi connectivity index (χ3n) is 7.06. The highest BCUT2D eigenvalue weighted by atomic mass is 16.5. The summed E-state index contributed by atoms with van der Waals surface area (Å²) in [7, 11) is 3.99. The quantitative estimate of drug-likeness (QED) is 0.548. The zero-order valence-corrected chi connectivity index (χ0v) is 21.8. The largest absolute Gasteiger partial charge is 0.378 e. The van der Waals surface area contributed by atoms with E-state index in [0.29, 0.717) is 6.04 Å². The van der Waals surface area contributed by atoms with E-state index in [1.807, 2.05) is 50.2 Å². The standard InChI is InChI=1S/C18H28N2O.C11H13N3/c1-15-6-8-17(9-7-15)19-14-16-4-2-3-5-18(16)20-10-12-21-13-11-20;1-8-12-10-7-5-4-6-9(10)11(13-8)14(2)3/h2-5,15,17,19H,6-14H2,1H3;4-7H,1-3H3. The number of morpholine rings is 1. The zero-order valence-electron chi connectivity index (χ0n) is 21.8. The molecule has 35 heavy (non-hydrogen) atoms. The van der Waals surface area contributed by atoms with Crippen molar-refractivity contribution in [1.29, 1.82) is 0 Å². The fourth-order valence-electron chi connectivity index (χ4n) is 5.01. The number of para-hydroxylation sites is 2. The highest BCUT2D eigenvalue weighted by Crippen LogP contribution is 2.26. The van der Waals surface area contributed by atoms with Gasteiger partial charge in [0.2, 0.25) is 0 Å². The zero-order chi connectivity index (χ0) is 24.6. The van der Waals surface area contributed by atoms with E-state index in [-0.39, 0.29) is 0 Å². The average Bonchev–Trinajstić information content (AvgIpc) is 2.89. The number of rotatable bonds is 5. The lowest BCUT2D eigenvalue weighted by atomic mass is 9.87. The van der Waals surface area contributed by atoms with Crippen LogP contribution in [0, 0.1) is 12.8 Å². The van der Waals surface area contributed by atoms with Gasteiger partial charge in [-0.1, -0.05) is 37.3 Å². The second-order valence-electron chi connectivity index (χ2n) is 10.1. The van der Waals surface area contributed by atoms with Crippen molar-refractivity contribution in [2.24, 2.45) is 5.92 Å². The van der Waals surface area contributed by atoms with Gasteiger partial charge < -0.3 is 19.9 Å². The van der Waals surface area contributed by atoms with Crippen molar-refractivity contribution in [1.82, 2.24) is 15.3 Å². The molecule has 6 nitrogen and oxygen atoms in total. The molecule has 3 aromatic rings. The predicted molar refractivity (Wildman–Crippen MR) is 146 cm³/mol. The van der Waals surface area contributed by atoms with E-state index in [4.69, 9.17) is 4.74 Å². The molecular weight excluding hydrogens is 434 g/mol. The molecule has 2 aliphatic rings. The van der Waals surface area contributed by atoms with Crippen molar-refractivity contribution in [2.75, 3.05) is 50.2 Å². The van der Waals surface area contributed by atoms with Gasteiger partial charge >= 0.3 is 0 Å². The van der Waals surface area contributed by atoms with E-state index in [9.17, 15) is 0 Å². The maximum absolute atomic E-state index is 5.47. The second-order valence-corrected chi connectivity index (χ2v) is 10.1. The second kappa shape index (κ2) is 12.3. The van der Waals surface area contributed by atoms with Gasteiger partial charge in [-0.2, -0.15) is 0 Å². The normalized spacial score (nSPS) is 20.3. The maximum Gasteiger partial charge on any atom is 0.139 e. The van der Waals surface area contributed by atoms with Crippen LogP contribution in [0.3, 0.4) is 0 Å². The first-order valence-corrected chi connectivity index (χ1v) is 13.1. The molecule has 0 bridgehead atoms. The lowest BCUT2D eigenvalue weighted by Gasteiger charge is -2.31. The number of nitrogens with one attached hydrogen (secondary N) is 1. The number of nitrogens with zero attached hydrogens (tertiary/aromatic N) is 4. The van der Waals surface area contributed by atoms with Crippen LogP contribution in [0.1, 0.15) is 44.0 Å². The average molecular weight is 476 g/mol. The maximum atomic E-state index is 5.47. The molecule has 188 valence electrons. The van der Waals surface area contributed by atoms with Crippen molar-refractivity contribution in [3.63, 3.8) is 0 Å². The topological polar surface area (TPSA) is 53.5 Å². The van der Waals surface area contributed by atoms with Gasteiger partial charge in [-0.15, -0.1) is 0 Å². The molecule has 1 aliphatic heterocycles. The van der Waals surface area contributed by atoms with E-state index >= 15 is 0 Å². The monoisotopic (exact) mass is 475 g/mol. The number of hydrogen-bond acceptors (Lipinski definition) is 6. The molecule has 2 fully saturated rings. The Balaban J connectivity index is 0.000000179. The van der Waals surface area contributed by atoms with Crippen LogP contribution in [-0.2, 0) is 11.3 Å². The predicted octanol–water partition coefficient (Wildman–Crippen LogP) is 5.20. The van der Waals surface area contributed by atoms with Crippen LogP contribution in [0.4, 0.5) is 11.5 Å². The Hall–Kier alpha value is -2.70. The molecule has 1 aromatic heterocycles. The van der Waals surface area contributed by atoms with E-state index in [0.717, 1.165) is 61.3 Å². The van der Waals surface area contributed by atoms with Crippen molar-refractivity contribution in [3.8, 4) is 0 Å². The Labute approximate surface area is 210 Å². The van der Waals surface area contributed by atoms with Gasteiger partial charge in [0.25, 0.3) is 0 Å². The third-order valence-corrected chi connectivity index (χ3v) is 7.06. The van der Waals surface area contributed by atoms with E-state index in [1.165, 1.54) is 36.9 Å². The summed E-state index contributed by atoms with van der Waals surface area (Å²) in [5.74, 6) is 2.71. The highest BCUT2D eigenvalue weighted by Gasteiger charge is 2.19. The van der Waals surface area contributed by atoms with Gasteiger partial charge in [0, 0.05) is 50.8 Å². The minimum Gasteiger partial charge on any atom is -0.378 e. The van der Waals surface area contributed by atoms with E-state index < -0.39 is 0 Å². The van der Waals surface area contributed by atoms with Crippen LogP contribution in [0.15, 0.2) is 48.5 Å². The number of fused-ring (bicyclic) bond motifs is 1. The summed E-state index contributed by atoms with van der Waals surface area (Å²) in [6, 6.07) is 17.6. The number of ether oxygens (including phenoxy) is 1. The van der Waals surface area contributed by atoms with Crippen LogP contribution in [0.2, 0.25) is 0 Å². The molecule has 0 atom stereocenters. The highest BCUT2D eigenvalue weighted by molar-refractivity contribution is 5.89. The summed E-state index contributed by atoms with van der Waals surface area (Å²) >= 11 is 0. The summed E-state index contributed by atoms with van der Waals surface area (Å²) in [5, 5.41) is 4.88. The molecule has 0 unspecified atom stereocenters. The molecule has 2 heterocycles. The van der Waals surface area contributed by atoms with Gasteiger partial charge in [-0.25, -0.2) is 9.97 Å². The lowest BCUT2D eigenvalue weighted by Crippen LogP contribution is -2.37. The van der Waals surface area contributed by atoms with Crippen molar-refractivity contribution in [2.45, 2.75) is 52.1 Å². The molecule has 6 heteroatoms. The third kappa shape index (κ3) is 6.92. The molecule has 0 radical (unpaired) electrons. The molecular formula is C29H41N5O. The Morgan fingerprint density at radius 1 is 0.943 bits per heavy atom. The fourth-order valence-corrected chi connectivity index (χ4v) is 5.01. The van der Waals surface area contributed by atoms with Gasteiger partial charge in [0.05, 0.1) is 18.7 Å². The first kappa shape index (κ1) is 25.4. The number of anilines is 2. The van der Waals surface area contributed by atoms with Crippen molar-refractivity contribution in [3.05, 3.63) is 59.9 Å². The lowest BCUT2D eigenvalue weighted by molar-refractivity contribution is 0.122. The van der Waals surface area contributed by atoms with Crippen molar-refractivity contribution < 1.29 is 4.74 Å². The summed E-state index contributed by atoms with van der Waals surface area (Å²) < 4.78 is 5.47. The van der Waals surface area contributed by atoms with Crippen molar-refractivity contribution >= 4 is 22.4 Å².